The van der Waals surface area contributed by atoms with Crippen molar-refractivity contribution in [3.8, 4) is 11.5 Å². The molecule has 1 amide bonds. The zero-order valence-corrected chi connectivity index (χ0v) is 22.5. The van der Waals surface area contributed by atoms with Gasteiger partial charge in [-0.1, -0.05) is 40.2 Å². The highest BCUT2D eigenvalue weighted by molar-refractivity contribution is 9.10. The predicted molar refractivity (Wildman–Crippen MR) is 144 cm³/mol. The molecule has 6 nitrogen and oxygen atoms in total. The lowest BCUT2D eigenvalue weighted by atomic mass is 9.94. The second-order valence-electron chi connectivity index (χ2n) is 8.77. The average molecular weight is 550 g/mol. The molecule has 3 aromatic rings. The molecule has 7 heteroatoms. The van der Waals surface area contributed by atoms with Gasteiger partial charge in [0.15, 0.2) is 11.5 Å². The summed E-state index contributed by atoms with van der Waals surface area (Å²) in [6, 6.07) is 15.5. The van der Waals surface area contributed by atoms with E-state index in [0.29, 0.717) is 34.9 Å². The fraction of sp³-hybridized carbons (Fsp3) is 0.241. The molecule has 1 aliphatic rings. The molecule has 0 bridgehead atoms. The largest absolute Gasteiger partial charge is 0.507 e. The van der Waals surface area contributed by atoms with Crippen molar-refractivity contribution in [1.29, 1.82) is 0 Å². The van der Waals surface area contributed by atoms with E-state index >= 15 is 0 Å². The molecule has 1 heterocycles. The number of methoxy groups -OCH3 is 1. The fourth-order valence-electron chi connectivity index (χ4n) is 4.45. The molecular weight excluding hydrogens is 522 g/mol. The van der Waals surface area contributed by atoms with Crippen molar-refractivity contribution < 1.29 is 24.2 Å². The second-order valence-corrected chi connectivity index (χ2v) is 9.62. The number of nitrogens with zero attached hydrogens (tertiary/aromatic N) is 1. The van der Waals surface area contributed by atoms with Crippen LogP contribution in [0.5, 0.6) is 11.5 Å². The minimum atomic E-state index is -0.862. The van der Waals surface area contributed by atoms with Crippen LogP contribution in [0.25, 0.3) is 5.76 Å². The first-order chi connectivity index (χ1) is 17.2. The third-order valence-corrected chi connectivity index (χ3v) is 7.19. The van der Waals surface area contributed by atoms with E-state index in [9.17, 15) is 14.7 Å². The highest BCUT2D eigenvalue weighted by Gasteiger charge is 2.47. The number of carbonyl (C=O) groups excluding carboxylic acids is 2. The first kappa shape index (κ1) is 25.5. The van der Waals surface area contributed by atoms with Crippen LogP contribution in [0.3, 0.4) is 0 Å². The maximum Gasteiger partial charge on any atom is 0.300 e. The number of hydrogen-bond acceptors (Lipinski definition) is 5. The van der Waals surface area contributed by atoms with E-state index in [1.807, 2.05) is 45.9 Å². The number of aryl methyl sites for hydroxylation is 3. The van der Waals surface area contributed by atoms with Crippen LogP contribution in [0.15, 0.2) is 64.6 Å². The van der Waals surface area contributed by atoms with Crippen molar-refractivity contribution in [1.82, 2.24) is 0 Å². The fourth-order valence-corrected chi connectivity index (χ4v) is 4.70. The second kappa shape index (κ2) is 10.2. The summed E-state index contributed by atoms with van der Waals surface area (Å²) in [4.78, 5) is 28.5. The van der Waals surface area contributed by atoms with Gasteiger partial charge >= 0.3 is 0 Å². The molecule has 186 valence electrons. The van der Waals surface area contributed by atoms with Crippen LogP contribution in [-0.4, -0.2) is 30.5 Å². The Kier molecular flexibility index (Phi) is 7.22. The van der Waals surface area contributed by atoms with E-state index in [-0.39, 0.29) is 11.3 Å². The van der Waals surface area contributed by atoms with E-state index in [1.165, 1.54) is 4.90 Å². The Morgan fingerprint density at radius 2 is 1.72 bits per heavy atom. The highest BCUT2D eigenvalue weighted by atomic mass is 79.9. The molecule has 36 heavy (non-hydrogen) atoms. The Balaban J connectivity index is 2.01. The molecule has 0 aliphatic carbocycles. The smallest absolute Gasteiger partial charge is 0.300 e. The Labute approximate surface area is 219 Å². The van der Waals surface area contributed by atoms with E-state index in [4.69, 9.17) is 9.47 Å². The lowest BCUT2D eigenvalue weighted by Gasteiger charge is -2.27. The van der Waals surface area contributed by atoms with Crippen molar-refractivity contribution in [2.24, 2.45) is 0 Å². The quantitative estimate of drug-likeness (QED) is 0.218. The minimum absolute atomic E-state index is 0.0234. The van der Waals surface area contributed by atoms with Crippen molar-refractivity contribution >= 4 is 39.1 Å². The number of anilines is 1. The molecule has 1 saturated heterocycles. The van der Waals surface area contributed by atoms with Crippen LogP contribution in [0, 0.1) is 20.8 Å². The molecule has 1 unspecified atom stereocenters. The lowest BCUT2D eigenvalue weighted by Crippen LogP contribution is -2.30. The van der Waals surface area contributed by atoms with Gasteiger partial charge in [-0.05, 0) is 80.3 Å². The third-order valence-electron chi connectivity index (χ3n) is 6.30. The van der Waals surface area contributed by atoms with Crippen molar-refractivity contribution in [3.63, 3.8) is 0 Å². The number of amides is 1. The van der Waals surface area contributed by atoms with Gasteiger partial charge < -0.3 is 14.6 Å². The molecule has 0 aromatic heterocycles. The van der Waals surface area contributed by atoms with E-state index in [1.54, 1.807) is 43.5 Å². The maximum absolute atomic E-state index is 13.5. The zero-order chi connectivity index (χ0) is 26.1. The predicted octanol–water partition coefficient (Wildman–Crippen LogP) is 6.41. The van der Waals surface area contributed by atoms with Crippen LogP contribution in [-0.2, 0) is 9.59 Å². The summed E-state index contributed by atoms with van der Waals surface area (Å²) >= 11 is 3.47. The van der Waals surface area contributed by atoms with Crippen LogP contribution < -0.4 is 14.4 Å². The van der Waals surface area contributed by atoms with Crippen molar-refractivity contribution in [2.75, 3.05) is 18.6 Å². The number of aliphatic hydroxyl groups is 1. The first-order valence-corrected chi connectivity index (χ1v) is 12.4. The molecule has 0 spiro atoms. The van der Waals surface area contributed by atoms with Crippen molar-refractivity contribution in [3.05, 3.63) is 92.5 Å². The normalized spacial score (nSPS) is 16.9. The minimum Gasteiger partial charge on any atom is -0.507 e. The highest BCUT2D eigenvalue weighted by Crippen LogP contribution is 2.45. The molecule has 0 radical (unpaired) electrons. The van der Waals surface area contributed by atoms with Crippen LogP contribution >= 0.6 is 15.9 Å². The van der Waals surface area contributed by atoms with Gasteiger partial charge in [0.2, 0.25) is 0 Å². The van der Waals surface area contributed by atoms with Crippen LogP contribution in [0.2, 0.25) is 0 Å². The molecule has 1 N–H and O–H groups in total. The van der Waals surface area contributed by atoms with Gasteiger partial charge in [0.1, 0.15) is 5.76 Å². The Hall–Kier alpha value is -3.58. The number of benzene rings is 3. The maximum atomic E-state index is 13.5. The molecule has 1 aliphatic heterocycles. The molecule has 4 rings (SSSR count). The average Bonchev–Trinajstić information content (AvgIpc) is 3.12. The van der Waals surface area contributed by atoms with Gasteiger partial charge in [0, 0.05) is 15.7 Å². The number of ketones is 1. The van der Waals surface area contributed by atoms with Gasteiger partial charge in [-0.15, -0.1) is 0 Å². The van der Waals surface area contributed by atoms with E-state index in [2.05, 4.69) is 15.9 Å². The van der Waals surface area contributed by atoms with Crippen molar-refractivity contribution in [2.45, 2.75) is 33.7 Å². The molecule has 1 atom stereocenters. The monoisotopic (exact) mass is 549 g/mol. The summed E-state index contributed by atoms with van der Waals surface area (Å²) in [5, 5.41) is 11.4. The van der Waals surface area contributed by atoms with Gasteiger partial charge in [-0.3, -0.25) is 14.5 Å². The molecular formula is C29H28BrNO5. The summed E-state index contributed by atoms with van der Waals surface area (Å²) in [5.41, 5.74) is 4.39. The number of hydrogen-bond donors (Lipinski definition) is 1. The summed E-state index contributed by atoms with van der Waals surface area (Å²) in [5.74, 6) is -0.641. The van der Waals surface area contributed by atoms with Gasteiger partial charge in [-0.25, -0.2) is 0 Å². The number of carbonyl (C=O) groups is 2. The molecule has 3 aromatic carbocycles. The summed E-state index contributed by atoms with van der Waals surface area (Å²) in [6.07, 6.45) is 0. The Morgan fingerprint density at radius 3 is 2.39 bits per heavy atom. The number of aliphatic hydroxyl groups excluding tert-OH is 1. The number of ether oxygens (including phenoxy) is 2. The summed E-state index contributed by atoms with van der Waals surface area (Å²) in [7, 11) is 1.55. The van der Waals surface area contributed by atoms with E-state index < -0.39 is 17.7 Å². The van der Waals surface area contributed by atoms with Crippen LogP contribution in [0.4, 0.5) is 5.69 Å². The number of Topliss-reactive ketones (excluding diaryl/α,β-unsaturated/α-hetero) is 1. The lowest BCUT2D eigenvalue weighted by molar-refractivity contribution is -0.132. The third kappa shape index (κ3) is 4.51. The van der Waals surface area contributed by atoms with Gasteiger partial charge in [-0.2, -0.15) is 0 Å². The zero-order valence-electron chi connectivity index (χ0n) is 20.9. The number of halogens is 1. The SMILES string of the molecule is CCOc1cc(C2/C(=C(/O)c3ccc(Br)c(C)c3)C(=O)C(=O)N2c2cc(C)ccc2C)ccc1OC. The summed E-state index contributed by atoms with van der Waals surface area (Å²) < 4.78 is 12.1. The Bertz CT molecular complexity index is 1390. The standard InChI is InChI=1S/C29H28BrNO5/c1-6-36-24-15-19(10-12-23(24)35-5)26-25(27(32)20-9-11-21(30)18(4)14-20)28(33)29(34)31(26)22-13-16(2)7-8-17(22)3/h7-15,26,32H,6H2,1-5H3/b27-25-. The van der Waals surface area contributed by atoms with Crippen LogP contribution in [0.1, 0.15) is 40.8 Å². The first-order valence-electron chi connectivity index (χ1n) is 11.6. The topological polar surface area (TPSA) is 76.1 Å². The summed E-state index contributed by atoms with van der Waals surface area (Å²) in [6.45, 7) is 7.99. The number of rotatable bonds is 6. The molecule has 0 saturated carbocycles. The Morgan fingerprint density at radius 1 is 0.972 bits per heavy atom. The van der Waals surface area contributed by atoms with E-state index in [0.717, 1.165) is 21.2 Å². The van der Waals surface area contributed by atoms with Gasteiger partial charge in [0.25, 0.3) is 11.7 Å². The van der Waals surface area contributed by atoms with Gasteiger partial charge in [0.05, 0.1) is 25.3 Å². The molecule has 1 fully saturated rings.